The molecule has 1 aromatic carbocycles. The van der Waals surface area contributed by atoms with Gasteiger partial charge >= 0.3 is 0 Å². The maximum atomic E-state index is 11.8. The first-order valence-corrected chi connectivity index (χ1v) is 8.48. The minimum absolute atomic E-state index is 0.145. The van der Waals surface area contributed by atoms with Crippen LogP contribution in [-0.4, -0.2) is 30.4 Å². The van der Waals surface area contributed by atoms with Crippen molar-refractivity contribution in [1.82, 2.24) is 10.2 Å². The largest absolute Gasteiger partial charge is 0.459 e. The monoisotopic (exact) mass is 324 g/mol. The number of furan rings is 1. The van der Waals surface area contributed by atoms with Crippen molar-refractivity contribution in [2.45, 2.75) is 26.3 Å². The third-order valence-electron chi connectivity index (χ3n) is 4.31. The van der Waals surface area contributed by atoms with Gasteiger partial charge < -0.3 is 9.73 Å². The lowest BCUT2D eigenvalue weighted by molar-refractivity contribution is 0.0926. The molecule has 0 aliphatic carbocycles. The summed E-state index contributed by atoms with van der Waals surface area (Å²) >= 11 is 0. The molecule has 1 aliphatic rings. The van der Waals surface area contributed by atoms with E-state index in [1.165, 1.54) is 23.0 Å². The minimum Gasteiger partial charge on any atom is -0.459 e. The summed E-state index contributed by atoms with van der Waals surface area (Å²) in [6.45, 7) is 5.81. The maximum absolute atomic E-state index is 11.8. The van der Waals surface area contributed by atoms with E-state index in [0.717, 1.165) is 32.5 Å². The molecule has 0 atom stereocenters. The van der Waals surface area contributed by atoms with E-state index in [0.29, 0.717) is 12.3 Å². The Balaban J connectivity index is 1.44. The van der Waals surface area contributed by atoms with Crippen molar-refractivity contribution >= 4 is 5.91 Å². The van der Waals surface area contributed by atoms with Crippen LogP contribution >= 0.6 is 0 Å². The van der Waals surface area contributed by atoms with Crippen LogP contribution in [0.25, 0.3) is 0 Å². The second kappa shape index (κ2) is 7.97. The van der Waals surface area contributed by atoms with Crippen molar-refractivity contribution in [3.8, 4) is 0 Å². The van der Waals surface area contributed by atoms with Gasteiger partial charge in [-0.05, 0) is 37.5 Å². The number of hydrogen-bond acceptors (Lipinski definition) is 3. The standard InChI is InChI=1S/C20H24N2O2/c1-16-6-8-18(9-7-16)15-22-12-2-4-17(14-22)10-11-21-20(23)19-5-3-13-24-19/h3-9,13H,2,10-12,14-15H2,1H3,(H,21,23). The van der Waals surface area contributed by atoms with Gasteiger partial charge in [0.15, 0.2) is 5.76 Å². The number of rotatable bonds is 6. The van der Waals surface area contributed by atoms with Crippen molar-refractivity contribution < 1.29 is 9.21 Å². The molecule has 0 unspecified atom stereocenters. The smallest absolute Gasteiger partial charge is 0.286 e. The molecule has 1 aromatic heterocycles. The molecule has 1 aliphatic heterocycles. The van der Waals surface area contributed by atoms with Gasteiger partial charge in [-0.3, -0.25) is 9.69 Å². The van der Waals surface area contributed by atoms with Gasteiger partial charge in [-0.25, -0.2) is 0 Å². The predicted molar refractivity (Wildman–Crippen MR) is 94.8 cm³/mol. The van der Waals surface area contributed by atoms with Crippen molar-refractivity contribution in [2.75, 3.05) is 19.6 Å². The van der Waals surface area contributed by atoms with Crippen LogP contribution in [0.15, 0.2) is 58.7 Å². The first-order valence-electron chi connectivity index (χ1n) is 8.48. The average molecular weight is 324 g/mol. The molecule has 24 heavy (non-hydrogen) atoms. The van der Waals surface area contributed by atoms with E-state index in [1.807, 2.05) is 0 Å². The Bertz CT molecular complexity index is 687. The zero-order valence-electron chi connectivity index (χ0n) is 14.1. The van der Waals surface area contributed by atoms with Crippen molar-refractivity contribution in [3.63, 3.8) is 0 Å². The molecule has 0 spiro atoms. The molecule has 0 radical (unpaired) electrons. The van der Waals surface area contributed by atoms with Gasteiger partial charge in [0.05, 0.1) is 6.26 Å². The Kier molecular flexibility index (Phi) is 5.49. The number of nitrogens with one attached hydrogen (secondary N) is 1. The fraction of sp³-hybridized carbons (Fsp3) is 0.350. The Labute approximate surface area is 143 Å². The lowest BCUT2D eigenvalue weighted by atomic mass is 10.1. The SMILES string of the molecule is Cc1ccc(CN2CCC=C(CCNC(=O)c3ccco3)C2)cc1. The first-order chi connectivity index (χ1) is 11.7. The molecule has 126 valence electrons. The van der Waals surface area contributed by atoms with Crippen LogP contribution in [-0.2, 0) is 6.54 Å². The number of benzene rings is 1. The fourth-order valence-electron chi connectivity index (χ4n) is 2.98. The molecule has 1 amide bonds. The lowest BCUT2D eigenvalue weighted by Crippen LogP contribution is -2.31. The zero-order valence-corrected chi connectivity index (χ0v) is 14.1. The molecule has 2 aromatic rings. The van der Waals surface area contributed by atoms with E-state index in [2.05, 4.69) is 47.5 Å². The molecule has 3 rings (SSSR count). The number of amides is 1. The zero-order chi connectivity index (χ0) is 16.8. The molecule has 0 saturated carbocycles. The molecular weight excluding hydrogens is 300 g/mol. The van der Waals surface area contributed by atoms with Crippen LogP contribution in [0.5, 0.6) is 0 Å². The van der Waals surface area contributed by atoms with Gasteiger partial charge in [0.25, 0.3) is 5.91 Å². The average Bonchev–Trinajstić information content (AvgIpc) is 3.12. The maximum Gasteiger partial charge on any atom is 0.286 e. The van der Waals surface area contributed by atoms with Crippen molar-refractivity contribution in [2.24, 2.45) is 0 Å². The molecular formula is C20H24N2O2. The van der Waals surface area contributed by atoms with E-state index >= 15 is 0 Å². The van der Waals surface area contributed by atoms with Crippen LogP contribution in [0.3, 0.4) is 0 Å². The summed E-state index contributed by atoms with van der Waals surface area (Å²) in [6, 6.07) is 12.1. The highest BCUT2D eigenvalue weighted by molar-refractivity contribution is 5.91. The third-order valence-corrected chi connectivity index (χ3v) is 4.31. The number of carbonyl (C=O) groups is 1. The van der Waals surface area contributed by atoms with Crippen LogP contribution in [0.2, 0.25) is 0 Å². The highest BCUT2D eigenvalue weighted by Crippen LogP contribution is 2.16. The van der Waals surface area contributed by atoms with Gasteiger partial charge in [-0.15, -0.1) is 0 Å². The van der Waals surface area contributed by atoms with Gasteiger partial charge in [0.1, 0.15) is 0 Å². The molecule has 4 heteroatoms. The van der Waals surface area contributed by atoms with E-state index in [-0.39, 0.29) is 5.91 Å². The van der Waals surface area contributed by atoms with Crippen LogP contribution < -0.4 is 5.32 Å². The normalized spacial score (nSPS) is 15.1. The summed E-state index contributed by atoms with van der Waals surface area (Å²) in [5.41, 5.74) is 4.05. The van der Waals surface area contributed by atoms with E-state index < -0.39 is 0 Å². The van der Waals surface area contributed by atoms with Crippen molar-refractivity contribution in [3.05, 3.63) is 71.2 Å². The lowest BCUT2D eigenvalue weighted by Gasteiger charge is -2.27. The quantitative estimate of drug-likeness (QED) is 0.827. The van der Waals surface area contributed by atoms with Gasteiger partial charge in [0.2, 0.25) is 0 Å². The van der Waals surface area contributed by atoms with E-state index in [4.69, 9.17) is 4.42 Å². The summed E-state index contributed by atoms with van der Waals surface area (Å²) in [5, 5.41) is 2.91. The highest BCUT2D eigenvalue weighted by atomic mass is 16.3. The summed E-state index contributed by atoms with van der Waals surface area (Å²) in [5.74, 6) is 0.224. The molecule has 0 bridgehead atoms. The fourth-order valence-corrected chi connectivity index (χ4v) is 2.98. The Morgan fingerprint density at radius 2 is 2.08 bits per heavy atom. The minimum atomic E-state index is -0.145. The Morgan fingerprint density at radius 3 is 2.83 bits per heavy atom. The Morgan fingerprint density at radius 1 is 1.25 bits per heavy atom. The van der Waals surface area contributed by atoms with E-state index in [1.54, 1.807) is 12.1 Å². The Hall–Kier alpha value is -2.33. The van der Waals surface area contributed by atoms with Crippen LogP contribution in [0.1, 0.15) is 34.5 Å². The van der Waals surface area contributed by atoms with Crippen LogP contribution in [0, 0.1) is 6.92 Å². The summed E-state index contributed by atoms with van der Waals surface area (Å²) < 4.78 is 5.09. The molecule has 1 N–H and O–H groups in total. The predicted octanol–water partition coefficient (Wildman–Crippen LogP) is 3.54. The third kappa shape index (κ3) is 4.59. The summed E-state index contributed by atoms with van der Waals surface area (Å²) in [6.07, 6.45) is 5.79. The van der Waals surface area contributed by atoms with Crippen LogP contribution in [0.4, 0.5) is 0 Å². The molecule has 0 saturated heterocycles. The summed E-state index contributed by atoms with van der Waals surface area (Å²) in [7, 11) is 0. The van der Waals surface area contributed by atoms with Gasteiger partial charge in [0, 0.05) is 26.2 Å². The number of carbonyl (C=O) groups excluding carboxylic acids is 1. The number of hydrogen-bond donors (Lipinski definition) is 1. The second-order valence-electron chi connectivity index (χ2n) is 6.33. The van der Waals surface area contributed by atoms with E-state index in [9.17, 15) is 4.79 Å². The number of aryl methyl sites for hydroxylation is 1. The second-order valence-corrected chi connectivity index (χ2v) is 6.33. The van der Waals surface area contributed by atoms with Crippen molar-refractivity contribution in [1.29, 1.82) is 0 Å². The highest BCUT2D eigenvalue weighted by Gasteiger charge is 2.14. The molecule has 2 heterocycles. The number of nitrogens with zero attached hydrogens (tertiary/aromatic N) is 1. The van der Waals surface area contributed by atoms with Gasteiger partial charge in [-0.2, -0.15) is 0 Å². The molecule has 0 fully saturated rings. The first kappa shape index (κ1) is 16.5. The molecule has 4 nitrogen and oxygen atoms in total. The van der Waals surface area contributed by atoms with Gasteiger partial charge in [-0.1, -0.05) is 41.5 Å². The summed E-state index contributed by atoms with van der Waals surface area (Å²) in [4.78, 5) is 14.3. The topological polar surface area (TPSA) is 45.5 Å².